The van der Waals surface area contributed by atoms with Crippen LogP contribution in [0.3, 0.4) is 0 Å². The molecule has 2 heterocycles. The summed E-state index contributed by atoms with van der Waals surface area (Å²) in [6, 6.07) is 9.83. The van der Waals surface area contributed by atoms with Crippen molar-refractivity contribution in [1.29, 1.82) is 0 Å². The van der Waals surface area contributed by atoms with Gasteiger partial charge in [0.05, 0.1) is 12.2 Å². The Bertz CT molecular complexity index is 757. The number of nitrogens with zero attached hydrogens (tertiary/aromatic N) is 4. The highest BCUT2D eigenvalue weighted by Crippen LogP contribution is 2.42. The SMILES string of the molecule is Nc1nnn(Cc2coc(-c3ccccc3)n2)c1C1CC1. The maximum atomic E-state index is 5.89. The van der Waals surface area contributed by atoms with Crippen molar-refractivity contribution in [2.24, 2.45) is 0 Å². The lowest BCUT2D eigenvalue weighted by Crippen LogP contribution is -2.07. The van der Waals surface area contributed by atoms with Crippen molar-refractivity contribution in [2.75, 3.05) is 5.73 Å². The van der Waals surface area contributed by atoms with Crippen LogP contribution >= 0.6 is 0 Å². The number of oxazole rings is 1. The van der Waals surface area contributed by atoms with Crippen LogP contribution in [0.25, 0.3) is 11.5 Å². The summed E-state index contributed by atoms with van der Waals surface area (Å²) < 4.78 is 7.37. The molecule has 0 unspecified atom stereocenters. The van der Waals surface area contributed by atoms with Crippen LogP contribution in [0, 0.1) is 0 Å². The van der Waals surface area contributed by atoms with Gasteiger partial charge in [0.2, 0.25) is 5.89 Å². The molecule has 3 aromatic rings. The van der Waals surface area contributed by atoms with E-state index in [0.717, 1.165) is 29.8 Å². The summed E-state index contributed by atoms with van der Waals surface area (Å²) in [7, 11) is 0. The van der Waals surface area contributed by atoms with Crippen molar-refractivity contribution in [2.45, 2.75) is 25.3 Å². The van der Waals surface area contributed by atoms with E-state index in [1.54, 1.807) is 6.26 Å². The van der Waals surface area contributed by atoms with Crippen LogP contribution in [0.1, 0.15) is 30.1 Å². The third kappa shape index (κ3) is 2.29. The van der Waals surface area contributed by atoms with Gasteiger partial charge in [-0.1, -0.05) is 23.4 Å². The third-order valence-electron chi connectivity index (χ3n) is 3.65. The molecular weight excluding hydrogens is 266 g/mol. The summed E-state index contributed by atoms with van der Waals surface area (Å²) in [5.41, 5.74) is 8.70. The van der Waals surface area contributed by atoms with E-state index in [2.05, 4.69) is 15.3 Å². The fourth-order valence-corrected chi connectivity index (χ4v) is 2.47. The van der Waals surface area contributed by atoms with Gasteiger partial charge in [0.15, 0.2) is 5.82 Å². The zero-order valence-electron chi connectivity index (χ0n) is 11.4. The highest BCUT2D eigenvalue weighted by Gasteiger charge is 2.30. The first-order chi connectivity index (χ1) is 10.3. The molecule has 21 heavy (non-hydrogen) atoms. The lowest BCUT2D eigenvalue weighted by atomic mass is 10.2. The summed E-state index contributed by atoms with van der Waals surface area (Å²) in [5.74, 6) is 1.65. The zero-order valence-corrected chi connectivity index (χ0v) is 11.4. The summed E-state index contributed by atoms with van der Waals surface area (Å²) in [4.78, 5) is 4.51. The number of rotatable bonds is 4. The van der Waals surface area contributed by atoms with Gasteiger partial charge in [0.1, 0.15) is 12.0 Å². The van der Waals surface area contributed by atoms with Crippen LogP contribution in [0.15, 0.2) is 41.0 Å². The number of hydrogen-bond donors (Lipinski definition) is 1. The highest BCUT2D eigenvalue weighted by atomic mass is 16.3. The Kier molecular flexibility index (Phi) is 2.73. The second-order valence-electron chi connectivity index (χ2n) is 5.30. The zero-order chi connectivity index (χ0) is 14.2. The Morgan fingerprint density at radius 1 is 1.24 bits per heavy atom. The van der Waals surface area contributed by atoms with Gasteiger partial charge >= 0.3 is 0 Å². The number of nitrogen functional groups attached to an aromatic ring is 1. The number of benzene rings is 1. The van der Waals surface area contributed by atoms with Crippen molar-refractivity contribution in [3.05, 3.63) is 48.0 Å². The predicted molar refractivity (Wildman–Crippen MR) is 77.5 cm³/mol. The van der Waals surface area contributed by atoms with Gasteiger partial charge in [-0.3, -0.25) is 0 Å². The molecule has 0 radical (unpaired) electrons. The van der Waals surface area contributed by atoms with E-state index in [1.807, 2.05) is 35.0 Å². The molecule has 0 bridgehead atoms. The Labute approximate surface area is 121 Å². The predicted octanol–water partition coefficient (Wildman–Crippen LogP) is 2.44. The largest absolute Gasteiger partial charge is 0.444 e. The van der Waals surface area contributed by atoms with E-state index in [0.29, 0.717) is 24.2 Å². The van der Waals surface area contributed by atoms with Crippen molar-refractivity contribution in [3.8, 4) is 11.5 Å². The van der Waals surface area contributed by atoms with E-state index in [4.69, 9.17) is 10.2 Å². The lowest BCUT2D eigenvalue weighted by molar-refractivity contribution is 0.565. The standard InChI is InChI=1S/C15H15N5O/c16-14-13(10-6-7-10)20(19-18-14)8-12-9-21-15(17-12)11-4-2-1-3-5-11/h1-5,9-10H,6-8,16H2. The highest BCUT2D eigenvalue weighted by molar-refractivity contribution is 5.52. The van der Waals surface area contributed by atoms with Crippen LogP contribution in [-0.4, -0.2) is 20.0 Å². The lowest BCUT2D eigenvalue weighted by Gasteiger charge is -2.02. The minimum atomic E-state index is 0.500. The molecular formula is C15H15N5O. The van der Waals surface area contributed by atoms with Gasteiger partial charge in [-0.2, -0.15) is 0 Å². The first-order valence-electron chi connectivity index (χ1n) is 7.00. The molecule has 6 nitrogen and oxygen atoms in total. The quantitative estimate of drug-likeness (QED) is 0.794. The maximum Gasteiger partial charge on any atom is 0.226 e. The van der Waals surface area contributed by atoms with E-state index >= 15 is 0 Å². The molecule has 2 aromatic heterocycles. The van der Waals surface area contributed by atoms with Crippen molar-refractivity contribution in [1.82, 2.24) is 20.0 Å². The normalized spacial score (nSPS) is 14.5. The van der Waals surface area contributed by atoms with Crippen LogP contribution in [0.2, 0.25) is 0 Å². The van der Waals surface area contributed by atoms with Gasteiger partial charge < -0.3 is 10.2 Å². The number of nitrogens with two attached hydrogens (primary N) is 1. The topological polar surface area (TPSA) is 82.8 Å². The molecule has 2 N–H and O–H groups in total. The molecule has 1 aliphatic rings. The number of anilines is 1. The molecule has 1 aliphatic carbocycles. The van der Waals surface area contributed by atoms with Crippen molar-refractivity contribution < 1.29 is 4.42 Å². The molecule has 0 amide bonds. The fraction of sp³-hybridized carbons (Fsp3) is 0.267. The minimum absolute atomic E-state index is 0.500. The molecule has 1 aromatic carbocycles. The van der Waals surface area contributed by atoms with E-state index in [1.165, 1.54) is 0 Å². The molecule has 6 heteroatoms. The first-order valence-corrected chi connectivity index (χ1v) is 7.00. The molecule has 1 fully saturated rings. The molecule has 0 spiro atoms. The summed E-state index contributed by atoms with van der Waals surface area (Å²) in [5, 5.41) is 8.09. The monoisotopic (exact) mass is 281 g/mol. The van der Waals surface area contributed by atoms with Crippen molar-refractivity contribution >= 4 is 5.82 Å². The van der Waals surface area contributed by atoms with Crippen LogP contribution in [0.4, 0.5) is 5.82 Å². The summed E-state index contributed by atoms with van der Waals surface area (Å²) in [6.07, 6.45) is 3.98. The molecule has 1 saturated carbocycles. The van der Waals surface area contributed by atoms with Crippen LogP contribution in [0.5, 0.6) is 0 Å². The number of hydrogen-bond acceptors (Lipinski definition) is 5. The van der Waals surface area contributed by atoms with Gasteiger partial charge in [0, 0.05) is 11.5 Å². The van der Waals surface area contributed by atoms with Crippen LogP contribution in [-0.2, 0) is 6.54 Å². The van der Waals surface area contributed by atoms with Gasteiger partial charge in [-0.15, -0.1) is 5.10 Å². The molecule has 106 valence electrons. The first kappa shape index (κ1) is 12.1. The molecule has 0 atom stereocenters. The fourth-order valence-electron chi connectivity index (χ4n) is 2.47. The Morgan fingerprint density at radius 2 is 2.05 bits per heavy atom. The Hall–Kier alpha value is -2.63. The smallest absolute Gasteiger partial charge is 0.226 e. The average Bonchev–Trinajstić information content (AvgIpc) is 3.12. The van der Waals surface area contributed by atoms with Gasteiger partial charge in [-0.25, -0.2) is 9.67 Å². The summed E-state index contributed by atoms with van der Waals surface area (Å²) in [6.45, 7) is 0.534. The molecule has 0 saturated heterocycles. The van der Waals surface area contributed by atoms with Crippen LogP contribution < -0.4 is 5.73 Å². The maximum absolute atomic E-state index is 5.89. The van der Waals surface area contributed by atoms with E-state index in [9.17, 15) is 0 Å². The second-order valence-corrected chi connectivity index (χ2v) is 5.30. The molecule has 0 aliphatic heterocycles. The van der Waals surface area contributed by atoms with Crippen molar-refractivity contribution in [3.63, 3.8) is 0 Å². The van der Waals surface area contributed by atoms with E-state index < -0.39 is 0 Å². The van der Waals surface area contributed by atoms with Gasteiger partial charge in [-0.05, 0) is 25.0 Å². The number of aromatic nitrogens is 4. The Morgan fingerprint density at radius 3 is 2.81 bits per heavy atom. The minimum Gasteiger partial charge on any atom is -0.444 e. The van der Waals surface area contributed by atoms with E-state index in [-0.39, 0.29) is 0 Å². The third-order valence-corrected chi connectivity index (χ3v) is 3.65. The summed E-state index contributed by atoms with van der Waals surface area (Å²) >= 11 is 0. The second kappa shape index (κ2) is 4.73. The Balaban J connectivity index is 1.60. The average molecular weight is 281 g/mol. The molecule has 4 rings (SSSR count). The van der Waals surface area contributed by atoms with Gasteiger partial charge in [0.25, 0.3) is 0 Å².